The monoisotopic (exact) mass is 581 g/mol. The molecule has 1 heterocycles. The molecule has 0 saturated carbocycles. The molecule has 0 radical (unpaired) electrons. The number of carbonyl (C=O) groups excluding carboxylic acids is 2. The van der Waals surface area contributed by atoms with Crippen LogP contribution in [0.4, 0.5) is 38.1 Å². The summed E-state index contributed by atoms with van der Waals surface area (Å²) in [5.74, 6) is -3.20. The molecule has 40 heavy (non-hydrogen) atoms. The van der Waals surface area contributed by atoms with Gasteiger partial charge >= 0.3 is 12.4 Å². The molecule has 1 saturated heterocycles. The number of hydrogen-bond acceptors (Lipinski definition) is 4. The van der Waals surface area contributed by atoms with Crippen molar-refractivity contribution in [1.29, 1.82) is 0 Å². The van der Waals surface area contributed by atoms with E-state index in [-0.39, 0.29) is 24.2 Å². The Labute approximate surface area is 226 Å². The molecule has 13 heteroatoms. The number of amides is 3. The summed E-state index contributed by atoms with van der Waals surface area (Å²) in [6.07, 6.45) is -4.32. The van der Waals surface area contributed by atoms with E-state index in [1.165, 1.54) is 12.1 Å². The van der Waals surface area contributed by atoms with Gasteiger partial charge < -0.3 is 24.8 Å². The number of nitrogens with one attached hydrogen (secondary N) is 2. The summed E-state index contributed by atoms with van der Waals surface area (Å²) in [5, 5.41) is 5.30. The molecule has 0 spiro atoms. The van der Waals surface area contributed by atoms with Crippen molar-refractivity contribution in [2.75, 3.05) is 30.1 Å². The minimum absolute atomic E-state index is 0.0161. The third-order valence-corrected chi connectivity index (χ3v) is 7.72. The van der Waals surface area contributed by atoms with Crippen molar-refractivity contribution < 1.29 is 40.8 Å². The van der Waals surface area contributed by atoms with Crippen LogP contribution in [0.3, 0.4) is 0 Å². The Morgan fingerprint density at radius 2 is 1.65 bits per heavy atom. The lowest BCUT2D eigenvalue weighted by Crippen LogP contribution is -2.53. The molecule has 1 aliphatic heterocycles. The molecular formula is C27H25F5N3O4P. The fourth-order valence-electron chi connectivity index (χ4n) is 4.46. The lowest BCUT2D eigenvalue weighted by Gasteiger charge is -2.33. The van der Waals surface area contributed by atoms with Gasteiger partial charge in [0.25, 0.3) is 0 Å². The normalized spacial score (nSPS) is 16.0. The van der Waals surface area contributed by atoms with Gasteiger partial charge in [-0.05, 0) is 73.7 Å². The van der Waals surface area contributed by atoms with E-state index in [1.54, 1.807) is 37.6 Å². The van der Waals surface area contributed by atoms with E-state index >= 15 is 8.78 Å². The summed E-state index contributed by atoms with van der Waals surface area (Å²) < 4.78 is 84.1. The van der Waals surface area contributed by atoms with Crippen molar-refractivity contribution in [3.8, 4) is 16.9 Å². The fourth-order valence-corrected chi connectivity index (χ4v) is 5.69. The van der Waals surface area contributed by atoms with Gasteiger partial charge in [-0.15, -0.1) is 13.2 Å². The predicted octanol–water partition coefficient (Wildman–Crippen LogP) is 6.10. The molecule has 0 bridgehead atoms. The van der Waals surface area contributed by atoms with Crippen LogP contribution in [0.5, 0.6) is 5.75 Å². The van der Waals surface area contributed by atoms with Gasteiger partial charge in [-0.2, -0.15) is 0 Å². The zero-order chi connectivity index (χ0) is 29.2. The van der Waals surface area contributed by atoms with Crippen LogP contribution in [0.2, 0.25) is 0 Å². The highest BCUT2D eigenvalue weighted by molar-refractivity contribution is 7.70. The first kappa shape index (κ1) is 29.1. The largest absolute Gasteiger partial charge is 0.573 e. The van der Waals surface area contributed by atoms with Crippen LogP contribution in [0, 0.1) is 11.6 Å². The molecule has 3 aromatic rings. The highest BCUT2D eigenvalue weighted by atomic mass is 31.2. The lowest BCUT2D eigenvalue weighted by molar-refractivity contribution is -0.274. The molecule has 4 rings (SSSR count). The maximum atomic E-state index is 15.3. The molecule has 3 aromatic carbocycles. The Hall–Kier alpha value is -3.92. The lowest BCUT2D eigenvalue weighted by atomic mass is 10.0. The minimum Gasteiger partial charge on any atom is -0.406 e. The van der Waals surface area contributed by atoms with Crippen LogP contribution < -0.4 is 25.6 Å². The van der Waals surface area contributed by atoms with Crippen LogP contribution in [-0.4, -0.2) is 44.2 Å². The maximum Gasteiger partial charge on any atom is 0.573 e. The van der Waals surface area contributed by atoms with Gasteiger partial charge in [0.1, 0.15) is 24.6 Å². The topological polar surface area (TPSA) is 87.7 Å². The van der Waals surface area contributed by atoms with Crippen LogP contribution >= 0.6 is 7.14 Å². The second kappa shape index (κ2) is 11.3. The Balaban J connectivity index is 1.49. The van der Waals surface area contributed by atoms with E-state index in [0.29, 0.717) is 17.3 Å². The van der Waals surface area contributed by atoms with E-state index in [4.69, 9.17) is 0 Å². The molecule has 0 aliphatic carbocycles. The van der Waals surface area contributed by atoms with Crippen molar-refractivity contribution in [2.45, 2.75) is 25.2 Å². The first-order chi connectivity index (χ1) is 18.7. The standard InChI is InChI=1S/C27H25F5N3O4P/c1-40(2,38)23-8-4-3-6-19(23)16-14-20(28)24(21(29)15-16)35-13-5-7-22(25(35)36)34-26(37)33-17-9-11-18(12-10-17)39-27(30,31)32/h3-4,6,8-12,14-15,22H,5,7,13H2,1-2H3,(H2,33,34,37). The fraction of sp³-hybridized carbons (Fsp3) is 0.259. The van der Waals surface area contributed by atoms with Gasteiger partial charge in [0.05, 0.1) is 0 Å². The summed E-state index contributed by atoms with van der Waals surface area (Å²) in [7, 11) is -2.76. The number of urea groups is 1. The number of halogens is 5. The summed E-state index contributed by atoms with van der Waals surface area (Å²) in [4.78, 5) is 26.5. The van der Waals surface area contributed by atoms with Crippen LogP contribution in [0.1, 0.15) is 12.8 Å². The molecule has 1 aliphatic rings. The maximum absolute atomic E-state index is 15.3. The number of nitrogens with zero attached hydrogens (tertiary/aromatic N) is 1. The summed E-state index contributed by atoms with van der Waals surface area (Å²) in [5.41, 5.74) is 0.154. The third-order valence-electron chi connectivity index (χ3n) is 6.17. The Morgan fingerprint density at radius 3 is 2.25 bits per heavy atom. The highest BCUT2D eigenvalue weighted by Crippen LogP contribution is 2.40. The number of alkyl halides is 3. The van der Waals surface area contributed by atoms with Gasteiger partial charge in [0.2, 0.25) is 5.91 Å². The Kier molecular flexibility index (Phi) is 8.20. The SMILES string of the molecule is CP(C)(=O)c1ccccc1-c1cc(F)c(N2CCCC(NC(=O)Nc3ccc(OC(F)(F)F)cc3)C2=O)c(F)c1. The Morgan fingerprint density at radius 1 is 1.02 bits per heavy atom. The quantitative estimate of drug-likeness (QED) is 0.272. The molecule has 2 N–H and O–H groups in total. The molecule has 1 atom stereocenters. The number of piperidine rings is 1. The van der Waals surface area contributed by atoms with Crippen molar-refractivity contribution >= 4 is 35.8 Å². The van der Waals surface area contributed by atoms with Crippen LogP contribution in [0.25, 0.3) is 11.1 Å². The second-order valence-corrected chi connectivity index (χ2v) is 12.7. The van der Waals surface area contributed by atoms with Crippen LogP contribution in [-0.2, 0) is 9.36 Å². The summed E-state index contributed by atoms with van der Waals surface area (Å²) in [6.45, 7) is 3.13. The first-order valence-electron chi connectivity index (χ1n) is 12.1. The molecule has 1 fully saturated rings. The number of benzene rings is 3. The second-order valence-electron chi connectivity index (χ2n) is 9.51. The van der Waals surface area contributed by atoms with Gasteiger partial charge in [-0.3, -0.25) is 4.79 Å². The number of anilines is 2. The molecule has 7 nitrogen and oxygen atoms in total. The van der Waals surface area contributed by atoms with Crippen molar-refractivity contribution in [2.24, 2.45) is 0 Å². The van der Waals surface area contributed by atoms with Gasteiger partial charge in [0, 0.05) is 17.5 Å². The molecular weight excluding hydrogens is 556 g/mol. The van der Waals surface area contributed by atoms with E-state index < -0.39 is 54.6 Å². The highest BCUT2D eigenvalue weighted by Gasteiger charge is 2.34. The number of hydrogen-bond donors (Lipinski definition) is 2. The molecule has 1 unspecified atom stereocenters. The summed E-state index contributed by atoms with van der Waals surface area (Å²) >= 11 is 0. The van der Waals surface area contributed by atoms with Gasteiger partial charge in [0.15, 0.2) is 11.6 Å². The smallest absolute Gasteiger partial charge is 0.406 e. The third kappa shape index (κ3) is 6.80. The molecule has 3 amide bonds. The predicted molar refractivity (Wildman–Crippen MR) is 142 cm³/mol. The van der Waals surface area contributed by atoms with E-state index in [1.807, 2.05) is 0 Å². The number of ether oxygens (including phenoxy) is 1. The van der Waals surface area contributed by atoms with E-state index in [9.17, 15) is 27.3 Å². The average molecular weight is 581 g/mol. The Bertz CT molecular complexity index is 1450. The van der Waals surface area contributed by atoms with E-state index in [0.717, 1.165) is 29.2 Å². The zero-order valence-electron chi connectivity index (χ0n) is 21.4. The van der Waals surface area contributed by atoms with Crippen molar-refractivity contribution in [3.05, 3.63) is 72.3 Å². The van der Waals surface area contributed by atoms with Crippen molar-refractivity contribution in [3.63, 3.8) is 0 Å². The molecule has 0 aromatic heterocycles. The van der Waals surface area contributed by atoms with Gasteiger partial charge in [-0.25, -0.2) is 13.6 Å². The number of rotatable bonds is 6. The minimum atomic E-state index is -4.86. The number of carbonyl (C=O) groups is 2. The van der Waals surface area contributed by atoms with Gasteiger partial charge in [-0.1, -0.05) is 24.3 Å². The summed E-state index contributed by atoms with van der Waals surface area (Å²) in [6, 6.07) is 11.2. The zero-order valence-corrected chi connectivity index (χ0v) is 22.3. The first-order valence-corrected chi connectivity index (χ1v) is 14.7. The van der Waals surface area contributed by atoms with E-state index in [2.05, 4.69) is 15.4 Å². The van der Waals surface area contributed by atoms with Crippen LogP contribution in [0.15, 0.2) is 60.7 Å². The molecule has 212 valence electrons. The average Bonchev–Trinajstić information content (AvgIpc) is 2.85. The van der Waals surface area contributed by atoms with Crippen molar-refractivity contribution in [1.82, 2.24) is 5.32 Å².